The Bertz CT molecular complexity index is 509. The summed E-state index contributed by atoms with van der Waals surface area (Å²) in [7, 11) is 0. The average Bonchev–Trinajstić information content (AvgIpc) is 2.70. The summed E-state index contributed by atoms with van der Waals surface area (Å²) in [6.45, 7) is 4.50. The molecule has 0 radical (unpaired) electrons. The first kappa shape index (κ1) is 12.4. The summed E-state index contributed by atoms with van der Waals surface area (Å²) in [4.78, 5) is 7.04. The summed E-state index contributed by atoms with van der Waals surface area (Å²) in [5, 5.41) is 0. The van der Waals surface area contributed by atoms with E-state index in [9.17, 15) is 0 Å². The molecule has 2 aromatic rings. The molecule has 2 nitrogen and oxygen atoms in total. The minimum absolute atomic E-state index is 0.399. The van der Waals surface area contributed by atoms with Crippen LogP contribution < -0.4 is 0 Å². The molecule has 3 rings (SSSR count). The van der Waals surface area contributed by atoms with Crippen molar-refractivity contribution < 1.29 is 0 Å². The van der Waals surface area contributed by atoms with E-state index in [4.69, 9.17) is 0 Å². The average molecular weight is 252 g/mol. The van der Waals surface area contributed by atoms with Gasteiger partial charge in [-0.2, -0.15) is 0 Å². The van der Waals surface area contributed by atoms with Crippen molar-refractivity contribution in [3.05, 3.63) is 65.5 Å². The fourth-order valence-electron chi connectivity index (χ4n) is 2.88. The van der Waals surface area contributed by atoms with Gasteiger partial charge in [-0.05, 0) is 43.0 Å². The van der Waals surface area contributed by atoms with E-state index in [2.05, 4.69) is 53.2 Å². The zero-order chi connectivity index (χ0) is 13.1. The molecule has 1 aliphatic rings. The van der Waals surface area contributed by atoms with Crippen molar-refractivity contribution in [2.45, 2.75) is 25.8 Å². The van der Waals surface area contributed by atoms with Crippen molar-refractivity contribution in [1.82, 2.24) is 9.88 Å². The fourth-order valence-corrected chi connectivity index (χ4v) is 2.88. The van der Waals surface area contributed by atoms with Crippen LogP contribution in [0.2, 0.25) is 0 Å². The maximum Gasteiger partial charge on any atom is 0.0572 e. The number of hydrogen-bond acceptors (Lipinski definition) is 2. The van der Waals surface area contributed by atoms with Crippen LogP contribution in [-0.4, -0.2) is 23.0 Å². The van der Waals surface area contributed by atoms with Gasteiger partial charge in [0.15, 0.2) is 0 Å². The van der Waals surface area contributed by atoms with Gasteiger partial charge in [-0.3, -0.25) is 9.88 Å². The first-order chi connectivity index (χ1) is 9.34. The normalized spacial score (nSPS) is 17.5. The fraction of sp³-hybridized carbons (Fsp3) is 0.353. The molecule has 0 saturated carbocycles. The van der Waals surface area contributed by atoms with Crippen LogP contribution in [0.25, 0.3) is 0 Å². The van der Waals surface area contributed by atoms with Crippen LogP contribution in [0.3, 0.4) is 0 Å². The predicted molar refractivity (Wildman–Crippen MR) is 78.1 cm³/mol. The van der Waals surface area contributed by atoms with Crippen LogP contribution in [0.15, 0.2) is 48.7 Å². The molecule has 0 spiro atoms. The minimum Gasteiger partial charge on any atom is -0.294 e. The molecule has 0 aliphatic carbocycles. The first-order valence-corrected chi connectivity index (χ1v) is 7.06. The zero-order valence-electron chi connectivity index (χ0n) is 11.4. The first-order valence-electron chi connectivity index (χ1n) is 7.06. The Morgan fingerprint density at radius 3 is 2.16 bits per heavy atom. The summed E-state index contributed by atoms with van der Waals surface area (Å²) in [6, 6.07) is 15.4. The van der Waals surface area contributed by atoms with E-state index in [0.717, 1.165) is 25.9 Å². The second-order valence-electron chi connectivity index (χ2n) is 5.24. The van der Waals surface area contributed by atoms with Gasteiger partial charge in [-0.25, -0.2) is 0 Å². The highest BCUT2D eigenvalue weighted by Gasteiger charge is 2.19. The van der Waals surface area contributed by atoms with E-state index in [1.165, 1.54) is 16.8 Å². The summed E-state index contributed by atoms with van der Waals surface area (Å²) >= 11 is 0. The Morgan fingerprint density at radius 1 is 0.947 bits per heavy atom. The van der Waals surface area contributed by atoms with Gasteiger partial charge in [-0.15, -0.1) is 0 Å². The summed E-state index contributed by atoms with van der Waals surface area (Å²) in [6.07, 6.45) is 4.18. The number of nitrogens with zero attached hydrogens (tertiary/aromatic N) is 2. The summed E-state index contributed by atoms with van der Waals surface area (Å²) in [5.74, 6) is 0. The molecule has 1 aromatic heterocycles. The third-order valence-corrected chi connectivity index (χ3v) is 4.12. The van der Waals surface area contributed by atoms with Crippen LogP contribution in [0.5, 0.6) is 0 Å². The summed E-state index contributed by atoms with van der Waals surface area (Å²) < 4.78 is 0. The molecule has 0 saturated heterocycles. The summed E-state index contributed by atoms with van der Waals surface area (Å²) in [5.41, 5.74) is 4.20. The molecule has 1 aliphatic heterocycles. The van der Waals surface area contributed by atoms with E-state index >= 15 is 0 Å². The number of hydrogen-bond donors (Lipinski definition) is 0. The Balaban J connectivity index is 1.75. The lowest BCUT2D eigenvalue weighted by Crippen LogP contribution is -2.30. The van der Waals surface area contributed by atoms with Gasteiger partial charge in [0.2, 0.25) is 0 Å². The molecule has 0 fully saturated rings. The highest BCUT2D eigenvalue weighted by atomic mass is 15.2. The molecule has 1 atom stereocenters. The van der Waals surface area contributed by atoms with E-state index in [-0.39, 0.29) is 0 Å². The molecule has 0 amide bonds. The van der Waals surface area contributed by atoms with Crippen molar-refractivity contribution in [3.8, 4) is 0 Å². The lowest BCUT2D eigenvalue weighted by Gasteiger charge is -2.27. The van der Waals surface area contributed by atoms with Crippen LogP contribution in [0, 0.1) is 0 Å². The van der Waals surface area contributed by atoms with E-state index in [0.29, 0.717) is 6.04 Å². The van der Waals surface area contributed by atoms with Gasteiger partial charge in [0.1, 0.15) is 0 Å². The minimum atomic E-state index is 0.399. The molecular formula is C17H20N2. The van der Waals surface area contributed by atoms with Gasteiger partial charge >= 0.3 is 0 Å². The van der Waals surface area contributed by atoms with Crippen LogP contribution in [0.4, 0.5) is 0 Å². The molecule has 0 bridgehead atoms. The molecule has 2 heteroatoms. The smallest absolute Gasteiger partial charge is 0.0572 e. The molecular weight excluding hydrogens is 232 g/mol. The SMILES string of the molecule is CC(c1ccccn1)N1CCc2ccccc2CC1. The number of rotatable bonds is 2. The lowest BCUT2D eigenvalue weighted by atomic mass is 10.0. The van der Waals surface area contributed by atoms with Crippen molar-refractivity contribution in [2.75, 3.05) is 13.1 Å². The van der Waals surface area contributed by atoms with E-state index in [1.54, 1.807) is 0 Å². The largest absolute Gasteiger partial charge is 0.294 e. The number of benzene rings is 1. The highest BCUT2D eigenvalue weighted by Crippen LogP contribution is 2.23. The Kier molecular flexibility index (Phi) is 3.60. The molecule has 98 valence electrons. The van der Waals surface area contributed by atoms with Gasteiger partial charge < -0.3 is 0 Å². The third-order valence-electron chi connectivity index (χ3n) is 4.12. The van der Waals surface area contributed by atoms with E-state index < -0.39 is 0 Å². The zero-order valence-corrected chi connectivity index (χ0v) is 11.4. The standard InChI is InChI=1S/C17H20N2/c1-14(17-8-4-5-11-18-17)19-12-9-15-6-2-3-7-16(15)10-13-19/h2-8,11,14H,9-10,12-13H2,1H3. The maximum absolute atomic E-state index is 4.49. The molecule has 2 heterocycles. The molecule has 0 N–H and O–H groups in total. The van der Waals surface area contributed by atoms with E-state index in [1.807, 2.05) is 12.3 Å². The van der Waals surface area contributed by atoms with Crippen LogP contribution in [-0.2, 0) is 12.8 Å². The van der Waals surface area contributed by atoms with Crippen LogP contribution in [0.1, 0.15) is 29.8 Å². The topological polar surface area (TPSA) is 16.1 Å². The van der Waals surface area contributed by atoms with Crippen molar-refractivity contribution >= 4 is 0 Å². The van der Waals surface area contributed by atoms with Gasteiger partial charge in [-0.1, -0.05) is 30.3 Å². The second-order valence-corrected chi connectivity index (χ2v) is 5.24. The van der Waals surface area contributed by atoms with Gasteiger partial charge in [0.05, 0.1) is 5.69 Å². The van der Waals surface area contributed by atoms with Crippen molar-refractivity contribution in [1.29, 1.82) is 0 Å². The Labute approximate surface area is 115 Å². The Hall–Kier alpha value is -1.67. The van der Waals surface area contributed by atoms with Crippen LogP contribution >= 0.6 is 0 Å². The number of aromatic nitrogens is 1. The number of fused-ring (bicyclic) bond motifs is 1. The molecule has 1 unspecified atom stereocenters. The number of pyridine rings is 1. The monoisotopic (exact) mass is 252 g/mol. The van der Waals surface area contributed by atoms with Crippen molar-refractivity contribution in [2.24, 2.45) is 0 Å². The lowest BCUT2D eigenvalue weighted by molar-refractivity contribution is 0.217. The Morgan fingerprint density at radius 2 is 1.58 bits per heavy atom. The van der Waals surface area contributed by atoms with Gasteiger partial charge in [0.25, 0.3) is 0 Å². The molecule has 19 heavy (non-hydrogen) atoms. The maximum atomic E-state index is 4.49. The molecule has 1 aromatic carbocycles. The quantitative estimate of drug-likeness (QED) is 0.815. The second kappa shape index (κ2) is 5.54. The highest BCUT2D eigenvalue weighted by molar-refractivity contribution is 5.28. The third kappa shape index (κ3) is 2.69. The predicted octanol–water partition coefficient (Wildman–Crippen LogP) is 3.24. The van der Waals surface area contributed by atoms with Crippen molar-refractivity contribution in [3.63, 3.8) is 0 Å². The van der Waals surface area contributed by atoms with Gasteiger partial charge in [0, 0.05) is 25.3 Å².